The molecule has 2 aliphatic heterocycles. The van der Waals surface area contributed by atoms with Crippen LogP contribution >= 0.6 is 0 Å². The number of rotatable bonds is 2. The lowest BCUT2D eigenvalue weighted by molar-refractivity contribution is -0.129. The van der Waals surface area contributed by atoms with Crippen molar-refractivity contribution in [2.45, 2.75) is 25.9 Å². The summed E-state index contributed by atoms with van der Waals surface area (Å²) in [5, 5.41) is 0. The number of carbonyl (C=O) groups is 2. The van der Waals surface area contributed by atoms with E-state index in [-0.39, 0.29) is 24.3 Å². The highest BCUT2D eigenvalue weighted by molar-refractivity contribution is 5.95. The second-order valence-electron chi connectivity index (χ2n) is 7.19. The van der Waals surface area contributed by atoms with E-state index in [9.17, 15) is 9.59 Å². The predicted molar refractivity (Wildman–Crippen MR) is 107 cm³/mol. The summed E-state index contributed by atoms with van der Waals surface area (Å²) in [5.41, 5.74) is 3.99. The number of amides is 2. The van der Waals surface area contributed by atoms with Gasteiger partial charge in [-0.2, -0.15) is 0 Å². The summed E-state index contributed by atoms with van der Waals surface area (Å²) in [7, 11) is 0. The molecule has 1 aromatic heterocycles. The van der Waals surface area contributed by atoms with Crippen LogP contribution in [0, 0.1) is 0 Å². The highest BCUT2D eigenvalue weighted by Gasteiger charge is 2.33. The molecule has 2 amide bonds. The molecule has 140 valence electrons. The van der Waals surface area contributed by atoms with Crippen LogP contribution in [0.5, 0.6) is 0 Å². The fourth-order valence-electron chi connectivity index (χ4n) is 4.21. The molecule has 0 saturated heterocycles. The molecule has 0 radical (unpaired) electrons. The van der Waals surface area contributed by atoms with Gasteiger partial charge in [0.15, 0.2) is 0 Å². The van der Waals surface area contributed by atoms with E-state index >= 15 is 0 Å². The number of hydrogen-bond donors (Lipinski definition) is 0. The summed E-state index contributed by atoms with van der Waals surface area (Å²) in [5.74, 6) is 0.604. The molecule has 0 fully saturated rings. The number of anilines is 1. The average molecular weight is 372 g/mol. The van der Waals surface area contributed by atoms with Crippen LogP contribution in [-0.4, -0.2) is 32.8 Å². The molecule has 0 spiro atoms. The Labute approximate surface area is 162 Å². The second kappa shape index (κ2) is 6.34. The molecule has 5 rings (SSSR count). The van der Waals surface area contributed by atoms with Gasteiger partial charge in [0.25, 0.3) is 0 Å². The van der Waals surface area contributed by atoms with Gasteiger partial charge in [-0.05, 0) is 29.3 Å². The lowest BCUT2D eigenvalue weighted by Gasteiger charge is -2.33. The SMILES string of the molecule is CC(=O)N1C=Cc2ccccc2[C@H]1CC(=O)N1CCn2c1nc1ccccc12. The Hall–Kier alpha value is -3.41. The molecular weight excluding hydrogens is 352 g/mol. The smallest absolute Gasteiger partial charge is 0.231 e. The van der Waals surface area contributed by atoms with E-state index in [1.807, 2.05) is 54.6 Å². The van der Waals surface area contributed by atoms with E-state index in [1.165, 1.54) is 6.92 Å². The minimum atomic E-state index is -0.301. The van der Waals surface area contributed by atoms with Crippen LogP contribution in [0.3, 0.4) is 0 Å². The first kappa shape index (κ1) is 16.7. The predicted octanol–water partition coefficient (Wildman–Crippen LogP) is 3.35. The van der Waals surface area contributed by atoms with Crippen molar-refractivity contribution in [1.29, 1.82) is 0 Å². The van der Waals surface area contributed by atoms with Gasteiger partial charge in [0.05, 0.1) is 23.5 Å². The van der Waals surface area contributed by atoms with E-state index in [0.717, 1.165) is 28.7 Å². The number of imidazole rings is 1. The lowest BCUT2D eigenvalue weighted by Crippen LogP contribution is -2.37. The van der Waals surface area contributed by atoms with Gasteiger partial charge in [0.2, 0.25) is 17.8 Å². The largest absolute Gasteiger partial charge is 0.311 e. The van der Waals surface area contributed by atoms with E-state index in [4.69, 9.17) is 0 Å². The molecule has 0 N–H and O–H groups in total. The van der Waals surface area contributed by atoms with Gasteiger partial charge < -0.3 is 9.47 Å². The fourth-order valence-corrected chi connectivity index (χ4v) is 4.21. The zero-order valence-electron chi connectivity index (χ0n) is 15.6. The number of aromatic nitrogens is 2. The fraction of sp³-hybridized carbons (Fsp3) is 0.227. The Kier molecular flexibility index (Phi) is 3.79. The third kappa shape index (κ3) is 2.52. The van der Waals surface area contributed by atoms with E-state index < -0.39 is 0 Å². The van der Waals surface area contributed by atoms with Crippen molar-refractivity contribution in [3.05, 3.63) is 65.9 Å². The molecule has 0 unspecified atom stereocenters. The molecule has 2 aromatic carbocycles. The standard InChI is InChI=1S/C22H20N4O2/c1-15(27)24-11-10-16-6-2-3-7-17(16)20(24)14-21(28)26-13-12-25-19-9-5-4-8-18(19)23-22(25)26/h2-11,20H,12-14H2,1H3/t20-/m1/s1. The van der Waals surface area contributed by atoms with Gasteiger partial charge in [0, 0.05) is 26.2 Å². The number of carbonyl (C=O) groups excluding carboxylic acids is 2. The van der Waals surface area contributed by atoms with Crippen molar-refractivity contribution in [1.82, 2.24) is 14.5 Å². The second-order valence-corrected chi connectivity index (χ2v) is 7.19. The zero-order chi connectivity index (χ0) is 19.3. The van der Waals surface area contributed by atoms with Gasteiger partial charge in [0.1, 0.15) is 0 Å². The third-order valence-corrected chi connectivity index (χ3v) is 5.56. The molecule has 3 heterocycles. The molecule has 1 atom stereocenters. The van der Waals surface area contributed by atoms with Gasteiger partial charge in [-0.3, -0.25) is 14.5 Å². The maximum atomic E-state index is 13.2. The lowest BCUT2D eigenvalue weighted by atomic mass is 9.93. The Morgan fingerprint density at radius 1 is 1.07 bits per heavy atom. The van der Waals surface area contributed by atoms with Crippen LogP contribution in [-0.2, 0) is 16.1 Å². The van der Waals surface area contributed by atoms with Crippen LogP contribution in [0.4, 0.5) is 5.95 Å². The summed E-state index contributed by atoms with van der Waals surface area (Å²) in [4.78, 5) is 33.5. The van der Waals surface area contributed by atoms with Crippen LogP contribution < -0.4 is 4.90 Å². The first-order chi connectivity index (χ1) is 13.6. The first-order valence-electron chi connectivity index (χ1n) is 9.45. The minimum absolute atomic E-state index is 0.0181. The van der Waals surface area contributed by atoms with Crippen LogP contribution in [0.25, 0.3) is 17.1 Å². The number of benzene rings is 2. The minimum Gasteiger partial charge on any atom is -0.311 e. The number of para-hydroxylation sites is 2. The normalized spacial score (nSPS) is 17.7. The maximum Gasteiger partial charge on any atom is 0.231 e. The maximum absolute atomic E-state index is 13.2. The Morgan fingerprint density at radius 3 is 2.71 bits per heavy atom. The molecule has 0 bridgehead atoms. The monoisotopic (exact) mass is 372 g/mol. The van der Waals surface area contributed by atoms with Gasteiger partial charge >= 0.3 is 0 Å². The highest BCUT2D eigenvalue weighted by Crippen LogP contribution is 2.35. The quantitative estimate of drug-likeness (QED) is 0.693. The molecule has 28 heavy (non-hydrogen) atoms. The molecule has 6 heteroatoms. The Balaban J connectivity index is 1.47. The van der Waals surface area contributed by atoms with Gasteiger partial charge in [-0.15, -0.1) is 0 Å². The van der Waals surface area contributed by atoms with Crippen molar-refractivity contribution in [3.8, 4) is 0 Å². The van der Waals surface area contributed by atoms with Crippen molar-refractivity contribution < 1.29 is 9.59 Å². The molecule has 0 saturated carbocycles. The van der Waals surface area contributed by atoms with Gasteiger partial charge in [-0.1, -0.05) is 36.4 Å². The zero-order valence-corrected chi connectivity index (χ0v) is 15.6. The number of nitrogens with zero attached hydrogens (tertiary/aromatic N) is 4. The molecule has 3 aromatic rings. The van der Waals surface area contributed by atoms with Gasteiger partial charge in [-0.25, -0.2) is 4.98 Å². The average Bonchev–Trinajstić information content (AvgIpc) is 3.27. The van der Waals surface area contributed by atoms with Crippen molar-refractivity contribution in [2.75, 3.05) is 11.4 Å². The Bertz CT molecular complexity index is 1130. The molecule has 0 aliphatic carbocycles. The first-order valence-corrected chi connectivity index (χ1v) is 9.45. The van der Waals surface area contributed by atoms with Crippen molar-refractivity contribution in [2.24, 2.45) is 0 Å². The summed E-state index contributed by atoms with van der Waals surface area (Å²) < 4.78 is 2.09. The van der Waals surface area contributed by atoms with Crippen molar-refractivity contribution in [3.63, 3.8) is 0 Å². The van der Waals surface area contributed by atoms with Crippen LogP contribution in [0.1, 0.15) is 30.5 Å². The summed E-state index contributed by atoms with van der Waals surface area (Å²) >= 11 is 0. The summed E-state index contributed by atoms with van der Waals surface area (Å²) in [6, 6.07) is 15.5. The third-order valence-electron chi connectivity index (χ3n) is 5.56. The number of fused-ring (bicyclic) bond motifs is 4. The Morgan fingerprint density at radius 2 is 1.86 bits per heavy atom. The number of hydrogen-bond acceptors (Lipinski definition) is 3. The molecule has 6 nitrogen and oxygen atoms in total. The van der Waals surface area contributed by atoms with E-state index in [2.05, 4.69) is 9.55 Å². The van der Waals surface area contributed by atoms with E-state index in [1.54, 1.807) is 16.0 Å². The summed E-state index contributed by atoms with van der Waals surface area (Å²) in [6.45, 7) is 2.88. The van der Waals surface area contributed by atoms with Crippen molar-refractivity contribution >= 4 is 34.9 Å². The topological polar surface area (TPSA) is 58.4 Å². The van der Waals surface area contributed by atoms with Crippen LogP contribution in [0.15, 0.2) is 54.7 Å². The van der Waals surface area contributed by atoms with Crippen LogP contribution in [0.2, 0.25) is 0 Å². The van der Waals surface area contributed by atoms with E-state index in [0.29, 0.717) is 12.5 Å². The summed E-state index contributed by atoms with van der Waals surface area (Å²) in [6.07, 6.45) is 3.93. The highest BCUT2D eigenvalue weighted by atomic mass is 16.2. The molecule has 2 aliphatic rings. The molecular formula is C22H20N4O2.